The summed E-state index contributed by atoms with van der Waals surface area (Å²) < 4.78 is 5.59. The molecule has 1 saturated carbocycles. The van der Waals surface area contributed by atoms with Crippen molar-refractivity contribution >= 4 is 5.97 Å². The second-order valence-corrected chi connectivity index (χ2v) is 6.55. The van der Waals surface area contributed by atoms with Crippen molar-refractivity contribution in [2.75, 3.05) is 0 Å². The number of carbonyl (C=O) groups is 1. The first-order chi connectivity index (χ1) is 7.32. The molecule has 2 unspecified atom stereocenters. The zero-order chi connectivity index (χ0) is 12.1. The largest absolute Gasteiger partial charge is 0.459 e. The summed E-state index contributed by atoms with van der Waals surface area (Å²) in [6, 6.07) is 0. The molecule has 2 rings (SSSR count). The summed E-state index contributed by atoms with van der Waals surface area (Å²) in [5.41, 5.74) is 0.00211. The number of fused-ring (bicyclic) bond motifs is 2. The molecule has 2 fully saturated rings. The highest BCUT2D eigenvalue weighted by molar-refractivity contribution is 5.77. The van der Waals surface area contributed by atoms with E-state index < -0.39 is 0 Å². The number of carbonyl (C=O) groups excluding carboxylic acids is 1. The fourth-order valence-electron chi connectivity index (χ4n) is 4.14. The lowest BCUT2D eigenvalue weighted by Crippen LogP contribution is -2.46. The fourth-order valence-corrected chi connectivity index (χ4v) is 4.14. The average Bonchev–Trinajstić information content (AvgIpc) is 2.38. The Balaban J connectivity index is 2.39. The summed E-state index contributed by atoms with van der Waals surface area (Å²) in [5.74, 6) is 1.29. The van der Waals surface area contributed by atoms with Crippen molar-refractivity contribution in [3.05, 3.63) is 0 Å². The highest BCUT2D eigenvalue weighted by atomic mass is 16.6. The molecule has 2 nitrogen and oxygen atoms in total. The minimum absolute atomic E-state index is 0.0578. The molecule has 0 aromatic carbocycles. The summed E-state index contributed by atoms with van der Waals surface area (Å²) in [4.78, 5) is 12.1. The molecule has 1 aliphatic carbocycles. The average molecular weight is 224 g/mol. The second kappa shape index (κ2) is 3.48. The minimum Gasteiger partial charge on any atom is -0.459 e. The summed E-state index contributed by atoms with van der Waals surface area (Å²) in [6.07, 6.45) is 3.10. The molecule has 2 aliphatic rings. The number of esters is 1. The molecule has 2 bridgehead atoms. The van der Waals surface area contributed by atoms with E-state index in [1.165, 1.54) is 0 Å². The number of ether oxygens (including phenoxy) is 1. The molecule has 0 aromatic heterocycles. The molecule has 0 N–H and O–H groups in total. The van der Waals surface area contributed by atoms with Crippen LogP contribution in [0.5, 0.6) is 0 Å². The van der Waals surface area contributed by atoms with Crippen molar-refractivity contribution in [1.82, 2.24) is 0 Å². The maximum absolute atomic E-state index is 12.1. The van der Waals surface area contributed by atoms with E-state index in [1.807, 2.05) is 0 Å². The Morgan fingerprint density at radius 2 is 1.75 bits per heavy atom. The van der Waals surface area contributed by atoms with Crippen molar-refractivity contribution in [3.8, 4) is 0 Å². The highest BCUT2D eigenvalue weighted by Gasteiger charge is 2.59. The van der Waals surface area contributed by atoms with Crippen molar-refractivity contribution in [1.29, 1.82) is 0 Å². The van der Waals surface area contributed by atoms with Gasteiger partial charge in [0.05, 0.1) is 5.92 Å². The molecule has 1 aliphatic heterocycles. The van der Waals surface area contributed by atoms with E-state index in [-0.39, 0.29) is 22.9 Å². The first-order valence-electron chi connectivity index (χ1n) is 6.55. The number of hydrogen-bond donors (Lipinski definition) is 0. The van der Waals surface area contributed by atoms with Crippen LogP contribution in [0.25, 0.3) is 0 Å². The Hall–Kier alpha value is -0.530. The third-order valence-corrected chi connectivity index (χ3v) is 5.15. The van der Waals surface area contributed by atoms with E-state index in [0.717, 1.165) is 19.3 Å². The van der Waals surface area contributed by atoms with E-state index in [2.05, 4.69) is 34.6 Å². The predicted molar refractivity (Wildman–Crippen MR) is 63.9 cm³/mol. The van der Waals surface area contributed by atoms with Crippen LogP contribution < -0.4 is 0 Å². The third kappa shape index (κ3) is 1.42. The summed E-state index contributed by atoms with van der Waals surface area (Å²) >= 11 is 0. The third-order valence-electron chi connectivity index (χ3n) is 5.15. The van der Waals surface area contributed by atoms with Gasteiger partial charge in [-0.25, -0.2) is 0 Å². The van der Waals surface area contributed by atoms with Crippen LogP contribution in [0.15, 0.2) is 0 Å². The number of rotatable bonds is 2. The van der Waals surface area contributed by atoms with Gasteiger partial charge in [0.2, 0.25) is 0 Å². The van der Waals surface area contributed by atoms with Crippen LogP contribution >= 0.6 is 0 Å². The molecule has 0 aromatic rings. The standard InChI is InChI=1S/C14H24O2/c1-9(2)14(10(3)4)7-6-13(5)8-11(14)12(15)16-13/h9-11H,6-8H2,1-5H3. The quantitative estimate of drug-likeness (QED) is 0.672. The molecular weight excluding hydrogens is 200 g/mol. The molecule has 92 valence electrons. The van der Waals surface area contributed by atoms with Crippen molar-refractivity contribution in [3.63, 3.8) is 0 Å². The van der Waals surface area contributed by atoms with Crippen LogP contribution in [-0.4, -0.2) is 11.6 Å². The second-order valence-electron chi connectivity index (χ2n) is 6.55. The summed E-state index contributed by atoms with van der Waals surface area (Å²) in [6.45, 7) is 11.1. The molecule has 0 amide bonds. The predicted octanol–water partition coefficient (Wildman–Crippen LogP) is 3.40. The Bertz CT molecular complexity index is 298. The lowest BCUT2D eigenvalue weighted by molar-refractivity contribution is -0.150. The zero-order valence-electron chi connectivity index (χ0n) is 11.2. The zero-order valence-corrected chi connectivity index (χ0v) is 11.2. The fraction of sp³-hybridized carbons (Fsp3) is 0.929. The SMILES string of the molecule is CC(C)C1(C(C)C)CCC2(C)CC1C(=O)O2. The molecule has 2 atom stereocenters. The molecule has 0 radical (unpaired) electrons. The van der Waals surface area contributed by atoms with Gasteiger partial charge in [-0.2, -0.15) is 0 Å². The Morgan fingerprint density at radius 3 is 2.25 bits per heavy atom. The van der Waals surface area contributed by atoms with Crippen LogP contribution in [0.1, 0.15) is 53.9 Å². The van der Waals surface area contributed by atoms with Crippen LogP contribution in [0, 0.1) is 23.2 Å². The number of hydrogen-bond acceptors (Lipinski definition) is 2. The van der Waals surface area contributed by atoms with Crippen LogP contribution in [0.4, 0.5) is 0 Å². The molecule has 0 spiro atoms. The van der Waals surface area contributed by atoms with E-state index in [0.29, 0.717) is 11.8 Å². The Morgan fingerprint density at radius 1 is 1.19 bits per heavy atom. The van der Waals surface area contributed by atoms with E-state index >= 15 is 0 Å². The van der Waals surface area contributed by atoms with Gasteiger partial charge in [0.15, 0.2) is 0 Å². The van der Waals surface area contributed by atoms with Gasteiger partial charge in [-0.15, -0.1) is 0 Å². The van der Waals surface area contributed by atoms with Crippen LogP contribution in [0.2, 0.25) is 0 Å². The van der Waals surface area contributed by atoms with Gasteiger partial charge in [-0.05, 0) is 37.0 Å². The first-order valence-corrected chi connectivity index (χ1v) is 6.55. The van der Waals surface area contributed by atoms with Gasteiger partial charge in [-0.1, -0.05) is 27.7 Å². The first kappa shape index (κ1) is 11.9. The van der Waals surface area contributed by atoms with Crippen molar-refractivity contribution in [2.24, 2.45) is 23.2 Å². The van der Waals surface area contributed by atoms with Gasteiger partial charge in [0.1, 0.15) is 5.60 Å². The molecule has 16 heavy (non-hydrogen) atoms. The van der Waals surface area contributed by atoms with E-state index in [9.17, 15) is 4.79 Å². The van der Waals surface area contributed by atoms with E-state index in [1.54, 1.807) is 0 Å². The topological polar surface area (TPSA) is 26.3 Å². The van der Waals surface area contributed by atoms with Gasteiger partial charge < -0.3 is 4.74 Å². The molecule has 1 saturated heterocycles. The van der Waals surface area contributed by atoms with E-state index in [4.69, 9.17) is 4.74 Å². The van der Waals surface area contributed by atoms with Gasteiger partial charge >= 0.3 is 5.97 Å². The van der Waals surface area contributed by atoms with Crippen molar-refractivity contribution in [2.45, 2.75) is 59.5 Å². The molecular formula is C14H24O2. The van der Waals surface area contributed by atoms with Crippen molar-refractivity contribution < 1.29 is 9.53 Å². The maximum atomic E-state index is 12.1. The maximum Gasteiger partial charge on any atom is 0.310 e. The van der Waals surface area contributed by atoms with Crippen LogP contribution in [-0.2, 0) is 9.53 Å². The van der Waals surface area contributed by atoms with Gasteiger partial charge in [-0.3, -0.25) is 4.79 Å². The Labute approximate surface area is 98.7 Å². The lowest BCUT2D eigenvalue weighted by atomic mass is 9.54. The van der Waals surface area contributed by atoms with Gasteiger partial charge in [0.25, 0.3) is 0 Å². The normalized spacial score (nSPS) is 36.9. The van der Waals surface area contributed by atoms with Gasteiger partial charge in [0, 0.05) is 6.42 Å². The molecule has 2 heteroatoms. The minimum atomic E-state index is -0.158. The lowest BCUT2D eigenvalue weighted by Gasteiger charge is -2.48. The Kier molecular flexibility index (Phi) is 2.60. The molecule has 1 heterocycles. The van der Waals surface area contributed by atoms with Crippen LogP contribution in [0.3, 0.4) is 0 Å². The summed E-state index contributed by atoms with van der Waals surface area (Å²) in [5, 5.41) is 0. The smallest absolute Gasteiger partial charge is 0.310 e. The monoisotopic (exact) mass is 224 g/mol. The highest BCUT2D eigenvalue weighted by Crippen LogP contribution is 2.58. The summed E-state index contributed by atoms with van der Waals surface area (Å²) in [7, 11) is 0.